The lowest BCUT2D eigenvalue weighted by Crippen LogP contribution is -2.24. The molecule has 0 saturated heterocycles. The van der Waals surface area contributed by atoms with Gasteiger partial charge >= 0.3 is 5.97 Å². The number of carboxylic acid groups (broad SMARTS) is 1. The van der Waals surface area contributed by atoms with Crippen molar-refractivity contribution >= 4 is 28.9 Å². The summed E-state index contributed by atoms with van der Waals surface area (Å²) < 4.78 is 7.54. The molecule has 8 heteroatoms. The summed E-state index contributed by atoms with van der Waals surface area (Å²) in [6.45, 7) is 0.572. The zero-order valence-electron chi connectivity index (χ0n) is 16.7. The van der Waals surface area contributed by atoms with Gasteiger partial charge in [0.15, 0.2) is 5.84 Å². The average molecular weight is 405 g/mol. The number of aliphatic carboxylic acids is 1. The highest BCUT2D eigenvalue weighted by atomic mass is 16.5. The normalized spacial score (nSPS) is 21.0. The van der Waals surface area contributed by atoms with Crippen LogP contribution in [0.25, 0.3) is 22.3 Å². The predicted molar refractivity (Wildman–Crippen MR) is 114 cm³/mol. The Morgan fingerprint density at radius 3 is 2.83 bits per heavy atom. The Kier molecular flexibility index (Phi) is 4.42. The van der Waals surface area contributed by atoms with E-state index in [1.165, 1.54) is 0 Å². The minimum absolute atomic E-state index is 0.186. The van der Waals surface area contributed by atoms with Crippen molar-refractivity contribution in [2.24, 2.45) is 10.9 Å². The number of methoxy groups -OCH3 is 1. The lowest BCUT2D eigenvalue weighted by Gasteiger charge is -2.26. The van der Waals surface area contributed by atoms with Crippen molar-refractivity contribution in [3.05, 3.63) is 35.8 Å². The molecule has 1 fully saturated rings. The van der Waals surface area contributed by atoms with Crippen molar-refractivity contribution in [2.75, 3.05) is 7.11 Å². The van der Waals surface area contributed by atoms with Crippen molar-refractivity contribution < 1.29 is 14.6 Å². The van der Waals surface area contributed by atoms with Crippen LogP contribution < -0.4 is 4.74 Å². The van der Waals surface area contributed by atoms with E-state index >= 15 is 0 Å². The number of H-pyrrole nitrogens is 1. The number of nitrogens with zero attached hydrogens (tertiary/aromatic N) is 3. The van der Waals surface area contributed by atoms with Crippen LogP contribution >= 0.6 is 0 Å². The second-order valence-corrected chi connectivity index (χ2v) is 7.93. The molecule has 3 heterocycles. The van der Waals surface area contributed by atoms with Crippen LogP contribution in [-0.4, -0.2) is 44.8 Å². The van der Waals surface area contributed by atoms with Gasteiger partial charge in [-0.25, -0.2) is 9.98 Å². The van der Waals surface area contributed by atoms with Gasteiger partial charge in [0.25, 0.3) is 0 Å². The molecule has 2 aliphatic rings. The summed E-state index contributed by atoms with van der Waals surface area (Å²) in [5, 5.41) is 18.7. The molecular weight excluding hydrogens is 382 g/mol. The lowest BCUT2D eigenvalue weighted by atomic mass is 9.81. The number of aliphatic imine (C=N–C) groups is 1. The minimum atomic E-state index is -0.708. The second kappa shape index (κ2) is 7.12. The summed E-state index contributed by atoms with van der Waals surface area (Å²) in [7, 11) is 1.64. The number of aromatic amines is 1. The number of imidazole rings is 1. The molecule has 5 rings (SSSR count). The fourth-order valence-corrected chi connectivity index (χ4v) is 4.69. The van der Waals surface area contributed by atoms with Gasteiger partial charge in [-0.3, -0.25) is 10.2 Å². The molecule has 1 aliphatic heterocycles. The molecule has 0 bridgehead atoms. The fraction of sp³-hybridized carbons (Fsp3) is 0.364. The standard InChI is InChI=1S/C22H23N5O3/c1-30-16-4-2-3-14-11-15(25-17(14)16)18-19-20(23)24-9-10-27(19)21(26-18)12-5-7-13(8-6-12)22(28)29/h2-4,9,11-13,23,25H,5-8,10H2,1H3,(H,28,29). The van der Waals surface area contributed by atoms with E-state index < -0.39 is 5.97 Å². The van der Waals surface area contributed by atoms with E-state index in [-0.39, 0.29) is 17.7 Å². The predicted octanol–water partition coefficient (Wildman–Crippen LogP) is 3.81. The van der Waals surface area contributed by atoms with Crippen LogP contribution in [-0.2, 0) is 11.3 Å². The van der Waals surface area contributed by atoms with Crippen LogP contribution in [0.15, 0.2) is 29.3 Å². The molecule has 2 aromatic heterocycles. The first-order valence-corrected chi connectivity index (χ1v) is 10.2. The molecule has 1 aliphatic carbocycles. The number of nitrogens with one attached hydrogen (secondary N) is 2. The molecular formula is C22H23N5O3. The first kappa shape index (κ1) is 18.6. The molecule has 1 aromatic carbocycles. The Labute approximate surface area is 173 Å². The number of amidine groups is 1. The maximum absolute atomic E-state index is 11.3. The highest BCUT2D eigenvalue weighted by Crippen LogP contribution is 2.39. The number of carbonyl (C=O) groups is 1. The van der Waals surface area contributed by atoms with Gasteiger partial charge in [-0.05, 0) is 37.8 Å². The van der Waals surface area contributed by atoms with Gasteiger partial charge in [0.05, 0.1) is 30.8 Å². The number of rotatable bonds is 4. The third-order valence-electron chi connectivity index (χ3n) is 6.24. The van der Waals surface area contributed by atoms with Gasteiger partial charge < -0.3 is 19.4 Å². The Morgan fingerprint density at radius 2 is 2.10 bits per heavy atom. The number of hydrogen-bond donors (Lipinski definition) is 3. The van der Waals surface area contributed by atoms with Gasteiger partial charge in [-0.15, -0.1) is 0 Å². The Hall–Kier alpha value is -3.42. The first-order chi connectivity index (χ1) is 14.6. The van der Waals surface area contributed by atoms with Crippen molar-refractivity contribution in [3.8, 4) is 17.1 Å². The van der Waals surface area contributed by atoms with E-state index in [9.17, 15) is 9.90 Å². The van der Waals surface area contributed by atoms with E-state index in [4.69, 9.17) is 15.1 Å². The van der Waals surface area contributed by atoms with Gasteiger partial charge in [-0.1, -0.05) is 12.1 Å². The van der Waals surface area contributed by atoms with Gasteiger partial charge in [0, 0.05) is 17.5 Å². The van der Waals surface area contributed by atoms with Gasteiger partial charge in [0.2, 0.25) is 0 Å². The summed E-state index contributed by atoms with van der Waals surface area (Å²) in [6, 6.07) is 7.89. The molecule has 0 unspecified atom stereocenters. The number of fused-ring (bicyclic) bond motifs is 2. The van der Waals surface area contributed by atoms with Crippen LogP contribution in [0, 0.1) is 11.3 Å². The third-order valence-corrected chi connectivity index (χ3v) is 6.24. The van der Waals surface area contributed by atoms with Crippen LogP contribution in [0.2, 0.25) is 0 Å². The monoisotopic (exact) mass is 405 g/mol. The Balaban J connectivity index is 1.59. The minimum Gasteiger partial charge on any atom is -0.495 e. The maximum atomic E-state index is 11.3. The number of benzene rings is 1. The van der Waals surface area contributed by atoms with Crippen LogP contribution in [0.3, 0.4) is 0 Å². The number of ether oxygens (including phenoxy) is 1. The van der Waals surface area contributed by atoms with E-state index in [1.54, 1.807) is 13.3 Å². The molecule has 0 atom stereocenters. The molecule has 154 valence electrons. The van der Waals surface area contributed by atoms with Gasteiger partial charge in [-0.2, -0.15) is 0 Å². The van der Waals surface area contributed by atoms with Crippen molar-refractivity contribution in [1.29, 1.82) is 5.41 Å². The molecule has 3 aromatic rings. The van der Waals surface area contributed by atoms with Crippen LogP contribution in [0.1, 0.15) is 43.1 Å². The van der Waals surface area contributed by atoms with E-state index in [2.05, 4.69) is 14.5 Å². The third kappa shape index (κ3) is 2.91. The molecule has 3 N–H and O–H groups in total. The second-order valence-electron chi connectivity index (χ2n) is 7.93. The first-order valence-electron chi connectivity index (χ1n) is 10.2. The topological polar surface area (TPSA) is 116 Å². The summed E-state index contributed by atoms with van der Waals surface area (Å²) in [4.78, 5) is 23.9. The molecule has 0 radical (unpaired) electrons. The summed E-state index contributed by atoms with van der Waals surface area (Å²) in [5.74, 6) is 1.08. The van der Waals surface area contributed by atoms with Gasteiger partial charge in [0.1, 0.15) is 23.0 Å². The van der Waals surface area contributed by atoms with E-state index in [0.717, 1.165) is 41.0 Å². The average Bonchev–Trinajstić information content (AvgIpc) is 3.36. The molecule has 8 nitrogen and oxygen atoms in total. The number of hydrogen-bond acceptors (Lipinski definition) is 4. The quantitative estimate of drug-likeness (QED) is 0.612. The zero-order valence-corrected chi connectivity index (χ0v) is 16.7. The zero-order chi connectivity index (χ0) is 20.8. The van der Waals surface area contributed by atoms with E-state index in [1.807, 2.05) is 24.3 Å². The Bertz CT molecular complexity index is 1180. The number of para-hydroxylation sites is 1. The SMILES string of the molecule is COc1cccc2cc(-c3nc(C4CCC(C(=O)O)CC4)n4c3C(=N)N=CC4)[nH]c12. The maximum Gasteiger partial charge on any atom is 0.306 e. The number of carboxylic acids is 1. The van der Waals surface area contributed by atoms with Crippen LogP contribution in [0.4, 0.5) is 0 Å². The summed E-state index contributed by atoms with van der Waals surface area (Å²) >= 11 is 0. The largest absolute Gasteiger partial charge is 0.495 e. The number of aromatic nitrogens is 3. The molecule has 1 saturated carbocycles. The summed E-state index contributed by atoms with van der Waals surface area (Å²) in [5.41, 5.74) is 3.14. The highest BCUT2D eigenvalue weighted by molar-refractivity contribution is 6.06. The molecule has 30 heavy (non-hydrogen) atoms. The summed E-state index contributed by atoms with van der Waals surface area (Å²) in [6.07, 6.45) is 4.64. The Morgan fingerprint density at radius 1 is 1.30 bits per heavy atom. The van der Waals surface area contributed by atoms with E-state index in [0.29, 0.717) is 30.8 Å². The lowest BCUT2D eigenvalue weighted by molar-refractivity contribution is -0.142. The van der Waals surface area contributed by atoms with Crippen molar-refractivity contribution in [1.82, 2.24) is 14.5 Å². The molecule has 0 amide bonds. The molecule has 0 spiro atoms. The smallest absolute Gasteiger partial charge is 0.306 e. The highest BCUT2D eigenvalue weighted by Gasteiger charge is 2.32. The van der Waals surface area contributed by atoms with Crippen LogP contribution in [0.5, 0.6) is 5.75 Å². The van der Waals surface area contributed by atoms with Crippen molar-refractivity contribution in [2.45, 2.75) is 38.1 Å². The fourth-order valence-electron chi connectivity index (χ4n) is 4.69. The van der Waals surface area contributed by atoms with Crippen molar-refractivity contribution in [3.63, 3.8) is 0 Å².